The number of nitrogens with one attached hydrogen (secondary N) is 1. The number of anilines is 4. The molecule has 0 unspecified atom stereocenters. The standard InChI is InChI=1S/C46H38N2/c1-3-34(2)47-46-21-13-12-20-45(46)44-19-11-10-18-43(44)39-26-32-42(33-27-39)48(40-28-22-37(23-29-40)35-14-6-4-7-15-35)41-30-24-38(25-31-41)36-16-8-5-9-17-36/h3-33,47H,1-2H3/b34-3+. The van der Waals surface area contributed by atoms with Gasteiger partial charge in [0.25, 0.3) is 0 Å². The molecule has 0 atom stereocenters. The third-order valence-electron chi connectivity index (χ3n) is 8.81. The molecular weight excluding hydrogens is 581 g/mol. The van der Waals surface area contributed by atoms with Crippen LogP contribution in [0.1, 0.15) is 13.8 Å². The molecule has 0 saturated heterocycles. The van der Waals surface area contributed by atoms with Crippen molar-refractivity contribution >= 4 is 22.7 Å². The first kappa shape index (κ1) is 30.5. The quantitative estimate of drug-likeness (QED) is 0.173. The average molecular weight is 619 g/mol. The first-order chi connectivity index (χ1) is 23.7. The minimum atomic E-state index is 1.10. The third-order valence-corrected chi connectivity index (χ3v) is 8.81. The summed E-state index contributed by atoms with van der Waals surface area (Å²) in [5, 5.41) is 3.58. The van der Waals surface area contributed by atoms with Crippen LogP contribution < -0.4 is 10.2 Å². The molecule has 0 heterocycles. The molecule has 2 nitrogen and oxygen atoms in total. The summed E-state index contributed by atoms with van der Waals surface area (Å²) in [6.07, 6.45) is 2.09. The van der Waals surface area contributed by atoms with Crippen molar-refractivity contribution in [3.63, 3.8) is 0 Å². The molecule has 48 heavy (non-hydrogen) atoms. The fourth-order valence-corrected chi connectivity index (χ4v) is 6.19. The zero-order valence-corrected chi connectivity index (χ0v) is 27.3. The number of benzene rings is 7. The lowest BCUT2D eigenvalue weighted by Crippen LogP contribution is -2.09. The number of allylic oxidation sites excluding steroid dienone is 2. The van der Waals surface area contributed by atoms with Crippen molar-refractivity contribution in [2.45, 2.75) is 13.8 Å². The molecule has 0 radical (unpaired) electrons. The van der Waals surface area contributed by atoms with Gasteiger partial charge in [-0.3, -0.25) is 0 Å². The van der Waals surface area contributed by atoms with Gasteiger partial charge in [-0.2, -0.15) is 0 Å². The van der Waals surface area contributed by atoms with Crippen LogP contribution in [0.2, 0.25) is 0 Å². The topological polar surface area (TPSA) is 15.3 Å². The number of nitrogens with zero attached hydrogens (tertiary/aromatic N) is 1. The Labute approximate surface area is 284 Å². The number of hydrogen-bond acceptors (Lipinski definition) is 2. The van der Waals surface area contributed by atoms with Gasteiger partial charge >= 0.3 is 0 Å². The second kappa shape index (κ2) is 14.1. The smallest absolute Gasteiger partial charge is 0.0462 e. The minimum Gasteiger partial charge on any atom is -0.359 e. The van der Waals surface area contributed by atoms with Gasteiger partial charge in [0.15, 0.2) is 0 Å². The molecule has 2 heteroatoms. The lowest BCUT2D eigenvalue weighted by Gasteiger charge is -2.26. The highest BCUT2D eigenvalue weighted by atomic mass is 15.1. The van der Waals surface area contributed by atoms with Crippen LogP contribution in [0.5, 0.6) is 0 Å². The van der Waals surface area contributed by atoms with Crippen molar-refractivity contribution in [2.24, 2.45) is 0 Å². The highest BCUT2D eigenvalue weighted by Crippen LogP contribution is 2.40. The van der Waals surface area contributed by atoms with Gasteiger partial charge in [0.1, 0.15) is 0 Å². The molecule has 7 rings (SSSR count). The molecule has 0 aliphatic carbocycles. The first-order valence-corrected chi connectivity index (χ1v) is 16.5. The lowest BCUT2D eigenvalue weighted by atomic mass is 9.93. The van der Waals surface area contributed by atoms with Gasteiger partial charge in [-0.1, -0.05) is 146 Å². The van der Waals surface area contributed by atoms with Crippen molar-refractivity contribution in [1.82, 2.24) is 0 Å². The lowest BCUT2D eigenvalue weighted by molar-refractivity contribution is 1.28. The number of hydrogen-bond donors (Lipinski definition) is 1. The van der Waals surface area contributed by atoms with Crippen LogP contribution in [-0.4, -0.2) is 0 Å². The van der Waals surface area contributed by atoms with E-state index in [0.717, 1.165) is 28.4 Å². The molecule has 1 N–H and O–H groups in total. The van der Waals surface area contributed by atoms with E-state index in [0.29, 0.717) is 0 Å². The van der Waals surface area contributed by atoms with Crippen LogP contribution in [0, 0.1) is 0 Å². The molecular formula is C46H38N2. The van der Waals surface area contributed by atoms with E-state index in [1.54, 1.807) is 0 Å². The van der Waals surface area contributed by atoms with Gasteiger partial charge in [-0.25, -0.2) is 0 Å². The second-order valence-corrected chi connectivity index (χ2v) is 11.9. The second-order valence-electron chi connectivity index (χ2n) is 11.9. The van der Waals surface area contributed by atoms with Crippen LogP contribution in [0.3, 0.4) is 0 Å². The van der Waals surface area contributed by atoms with Crippen molar-refractivity contribution in [3.05, 3.63) is 194 Å². The van der Waals surface area contributed by atoms with Crippen LogP contribution in [0.25, 0.3) is 44.5 Å². The Morgan fingerprint density at radius 2 is 0.771 bits per heavy atom. The Bertz CT molecular complexity index is 2050. The summed E-state index contributed by atoms with van der Waals surface area (Å²) in [4.78, 5) is 2.33. The number of rotatable bonds is 9. The minimum absolute atomic E-state index is 1.10. The maximum absolute atomic E-state index is 3.58. The summed E-state index contributed by atoms with van der Waals surface area (Å²) in [6, 6.07) is 64.9. The van der Waals surface area contributed by atoms with Crippen molar-refractivity contribution in [1.29, 1.82) is 0 Å². The summed E-state index contributed by atoms with van der Waals surface area (Å²) in [7, 11) is 0. The Kier molecular flexibility index (Phi) is 8.97. The zero-order chi connectivity index (χ0) is 32.7. The maximum atomic E-state index is 3.58. The molecule has 7 aromatic carbocycles. The maximum Gasteiger partial charge on any atom is 0.0462 e. The molecule has 232 valence electrons. The van der Waals surface area contributed by atoms with E-state index in [1.165, 1.54) is 44.5 Å². The molecule has 0 aromatic heterocycles. The first-order valence-electron chi connectivity index (χ1n) is 16.5. The molecule has 0 amide bonds. The van der Waals surface area contributed by atoms with Gasteiger partial charge in [-0.15, -0.1) is 0 Å². The SMILES string of the molecule is C/C=C(\C)Nc1ccccc1-c1ccccc1-c1ccc(N(c2ccc(-c3ccccc3)cc2)c2ccc(-c3ccccc3)cc2)cc1. The highest BCUT2D eigenvalue weighted by Gasteiger charge is 2.15. The van der Waals surface area contributed by atoms with Gasteiger partial charge in [0.05, 0.1) is 0 Å². The van der Waals surface area contributed by atoms with E-state index in [-0.39, 0.29) is 0 Å². The molecule has 0 fully saturated rings. The monoisotopic (exact) mass is 618 g/mol. The molecule has 0 spiro atoms. The summed E-state index contributed by atoms with van der Waals surface area (Å²) in [6.45, 7) is 4.15. The summed E-state index contributed by atoms with van der Waals surface area (Å²) >= 11 is 0. The van der Waals surface area contributed by atoms with E-state index in [4.69, 9.17) is 0 Å². The average Bonchev–Trinajstić information content (AvgIpc) is 3.17. The Morgan fingerprint density at radius 3 is 1.25 bits per heavy atom. The molecule has 0 saturated carbocycles. The van der Waals surface area contributed by atoms with Crippen LogP contribution in [0.15, 0.2) is 194 Å². The fraction of sp³-hybridized carbons (Fsp3) is 0.0435. The van der Waals surface area contributed by atoms with Crippen LogP contribution >= 0.6 is 0 Å². The molecule has 0 aliphatic heterocycles. The van der Waals surface area contributed by atoms with Crippen molar-refractivity contribution < 1.29 is 0 Å². The largest absolute Gasteiger partial charge is 0.359 e. The predicted molar refractivity (Wildman–Crippen MR) is 206 cm³/mol. The fourth-order valence-electron chi connectivity index (χ4n) is 6.19. The molecule has 7 aromatic rings. The van der Waals surface area contributed by atoms with Gasteiger partial charge in [0.2, 0.25) is 0 Å². The molecule has 0 bridgehead atoms. The van der Waals surface area contributed by atoms with Crippen LogP contribution in [-0.2, 0) is 0 Å². The summed E-state index contributed by atoms with van der Waals surface area (Å²) in [5.41, 5.74) is 15.1. The Hall–Kier alpha value is -6.12. The van der Waals surface area contributed by atoms with E-state index in [2.05, 4.69) is 212 Å². The van der Waals surface area contributed by atoms with E-state index in [9.17, 15) is 0 Å². The zero-order valence-electron chi connectivity index (χ0n) is 27.3. The van der Waals surface area contributed by atoms with Gasteiger partial charge < -0.3 is 10.2 Å². The van der Waals surface area contributed by atoms with E-state index in [1.807, 2.05) is 0 Å². The van der Waals surface area contributed by atoms with Gasteiger partial charge in [-0.05, 0) is 95.3 Å². The van der Waals surface area contributed by atoms with Crippen molar-refractivity contribution in [2.75, 3.05) is 10.2 Å². The third kappa shape index (κ3) is 6.56. The highest BCUT2D eigenvalue weighted by molar-refractivity contribution is 5.90. The number of para-hydroxylation sites is 1. The normalized spacial score (nSPS) is 11.2. The molecule has 0 aliphatic rings. The van der Waals surface area contributed by atoms with Crippen LogP contribution in [0.4, 0.5) is 22.7 Å². The Balaban J connectivity index is 1.27. The van der Waals surface area contributed by atoms with Crippen molar-refractivity contribution in [3.8, 4) is 44.5 Å². The predicted octanol–water partition coefficient (Wildman–Crippen LogP) is 13.2. The van der Waals surface area contributed by atoms with E-state index >= 15 is 0 Å². The Morgan fingerprint density at radius 1 is 0.396 bits per heavy atom. The van der Waals surface area contributed by atoms with Gasteiger partial charge in [0, 0.05) is 34.0 Å². The van der Waals surface area contributed by atoms with E-state index < -0.39 is 0 Å². The summed E-state index contributed by atoms with van der Waals surface area (Å²) in [5.74, 6) is 0. The summed E-state index contributed by atoms with van der Waals surface area (Å²) < 4.78 is 0.